The second kappa shape index (κ2) is 6.93. The van der Waals surface area contributed by atoms with Crippen LogP contribution >= 0.6 is 34.3 Å². The molecule has 1 aromatic carbocycles. The summed E-state index contributed by atoms with van der Waals surface area (Å²) in [4.78, 5) is 2.57. The Labute approximate surface area is 154 Å². The molecule has 0 bridgehead atoms. The van der Waals surface area contributed by atoms with E-state index in [1.807, 2.05) is 24.3 Å². The average molecular weight is 371 g/mol. The molecular weight excluding hydrogens is 356 g/mol. The van der Waals surface area contributed by atoms with Crippen molar-refractivity contribution in [1.82, 2.24) is 0 Å². The van der Waals surface area contributed by atoms with Crippen molar-refractivity contribution in [2.45, 2.75) is 12.5 Å². The van der Waals surface area contributed by atoms with Crippen LogP contribution in [0.25, 0.3) is 6.08 Å². The summed E-state index contributed by atoms with van der Waals surface area (Å²) < 4.78 is 0. The fourth-order valence-corrected chi connectivity index (χ4v) is 4.29. The summed E-state index contributed by atoms with van der Waals surface area (Å²) in [5.74, 6) is 0. The van der Waals surface area contributed by atoms with Crippen LogP contribution in [-0.4, -0.2) is 5.71 Å². The number of allylic oxidation sites excluding steroid dienone is 1. The van der Waals surface area contributed by atoms with Crippen molar-refractivity contribution in [2.24, 2.45) is 5.10 Å². The molecule has 2 aromatic heterocycles. The molecule has 3 heterocycles. The van der Waals surface area contributed by atoms with Crippen LogP contribution in [0.2, 0.25) is 5.02 Å². The van der Waals surface area contributed by atoms with Crippen LogP contribution in [0.4, 0.5) is 5.69 Å². The normalized spacial score (nSPS) is 17.6. The highest BCUT2D eigenvalue weighted by Gasteiger charge is 2.28. The third-order valence-corrected chi connectivity index (χ3v) is 5.94. The molecule has 0 fully saturated rings. The summed E-state index contributed by atoms with van der Waals surface area (Å²) in [7, 11) is 0. The van der Waals surface area contributed by atoms with Crippen LogP contribution in [0.5, 0.6) is 0 Å². The number of hydrogen-bond acceptors (Lipinski definition) is 4. The predicted octanol–water partition coefficient (Wildman–Crippen LogP) is 6.48. The number of anilines is 1. The molecule has 0 saturated carbocycles. The average Bonchev–Trinajstić information content (AvgIpc) is 3.34. The maximum absolute atomic E-state index is 6.03. The zero-order valence-corrected chi connectivity index (χ0v) is 15.2. The molecule has 1 aliphatic heterocycles. The molecule has 2 nitrogen and oxygen atoms in total. The van der Waals surface area contributed by atoms with Crippen molar-refractivity contribution in [3.05, 3.63) is 80.1 Å². The molecule has 5 heteroatoms. The van der Waals surface area contributed by atoms with Crippen molar-refractivity contribution < 1.29 is 0 Å². The van der Waals surface area contributed by atoms with Crippen LogP contribution in [0.3, 0.4) is 0 Å². The van der Waals surface area contributed by atoms with Gasteiger partial charge in [0.1, 0.15) is 0 Å². The Morgan fingerprint density at radius 2 is 1.79 bits per heavy atom. The third-order valence-electron chi connectivity index (χ3n) is 3.88. The standard InChI is InChI=1S/C19H15ClN2S2/c20-14-5-8-16(9-6-14)22-18(19-4-2-12-24-19)13-15(21-22)7-10-17-3-1-11-23-17/h1-12,18H,13H2/b10-7-/t18-/m0/s1. The van der Waals surface area contributed by atoms with Gasteiger partial charge in [-0.05, 0) is 59.3 Å². The Bertz CT molecular complexity index is 849. The monoisotopic (exact) mass is 370 g/mol. The molecule has 0 unspecified atom stereocenters. The minimum atomic E-state index is 0.245. The number of hydrazone groups is 1. The van der Waals surface area contributed by atoms with E-state index in [1.165, 1.54) is 9.75 Å². The smallest absolute Gasteiger partial charge is 0.0923 e. The number of benzene rings is 1. The van der Waals surface area contributed by atoms with Gasteiger partial charge in [0, 0.05) is 21.2 Å². The molecule has 1 aliphatic rings. The van der Waals surface area contributed by atoms with Crippen molar-refractivity contribution in [2.75, 3.05) is 5.01 Å². The van der Waals surface area contributed by atoms with Crippen LogP contribution in [-0.2, 0) is 0 Å². The van der Waals surface area contributed by atoms with Crippen molar-refractivity contribution in [3.8, 4) is 0 Å². The van der Waals surface area contributed by atoms with E-state index in [0.29, 0.717) is 0 Å². The maximum atomic E-state index is 6.03. The summed E-state index contributed by atoms with van der Waals surface area (Å²) in [5.41, 5.74) is 2.16. The Morgan fingerprint density at radius 3 is 2.50 bits per heavy atom. The minimum absolute atomic E-state index is 0.245. The first-order valence-electron chi connectivity index (χ1n) is 7.67. The molecule has 0 amide bonds. The van der Waals surface area contributed by atoms with Crippen molar-refractivity contribution in [1.29, 1.82) is 0 Å². The van der Waals surface area contributed by atoms with Gasteiger partial charge in [0.05, 0.1) is 17.4 Å². The SMILES string of the molecule is Clc1ccc(N2N=C(/C=C\c3cccs3)C[C@H]2c2cccs2)cc1. The molecule has 0 aliphatic carbocycles. The molecule has 0 N–H and O–H groups in total. The van der Waals surface area contributed by atoms with Gasteiger partial charge in [-0.3, -0.25) is 5.01 Å². The largest absolute Gasteiger partial charge is 0.257 e. The van der Waals surface area contributed by atoms with Gasteiger partial charge in [-0.1, -0.05) is 23.7 Å². The fourth-order valence-electron chi connectivity index (χ4n) is 2.73. The fraction of sp³-hybridized carbons (Fsp3) is 0.105. The molecule has 0 spiro atoms. The van der Waals surface area contributed by atoms with Gasteiger partial charge in [-0.25, -0.2) is 0 Å². The second-order valence-electron chi connectivity index (χ2n) is 5.50. The zero-order valence-electron chi connectivity index (χ0n) is 12.8. The lowest BCUT2D eigenvalue weighted by molar-refractivity contribution is 0.722. The van der Waals surface area contributed by atoms with E-state index < -0.39 is 0 Å². The van der Waals surface area contributed by atoms with E-state index in [1.54, 1.807) is 22.7 Å². The van der Waals surface area contributed by atoms with E-state index in [9.17, 15) is 0 Å². The summed E-state index contributed by atoms with van der Waals surface area (Å²) in [6, 6.07) is 16.6. The van der Waals surface area contributed by atoms with Crippen molar-refractivity contribution >= 4 is 51.7 Å². The predicted molar refractivity (Wildman–Crippen MR) is 106 cm³/mol. The maximum Gasteiger partial charge on any atom is 0.0923 e. The zero-order chi connectivity index (χ0) is 16.4. The third kappa shape index (κ3) is 3.31. The first-order chi connectivity index (χ1) is 11.8. The molecule has 0 saturated heterocycles. The van der Waals surface area contributed by atoms with E-state index in [0.717, 1.165) is 22.8 Å². The highest BCUT2D eigenvalue weighted by molar-refractivity contribution is 7.10. The van der Waals surface area contributed by atoms with E-state index in [-0.39, 0.29) is 6.04 Å². The topological polar surface area (TPSA) is 15.6 Å². The highest BCUT2D eigenvalue weighted by Crippen LogP contribution is 2.37. The van der Waals surface area contributed by atoms with E-state index >= 15 is 0 Å². The summed E-state index contributed by atoms with van der Waals surface area (Å²) in [6.07, 6.45) is 5.17. The van der Waals surface area contributed by atoms with Crippen LogP contribution < -0.4 is 5.01 Å². The lowest BCUT2D eigenvalue weighted by atomic mass is 10.1. The Kier molecular flexibility index (Phi) is 4.52. The molecule has 1 atom stereocenters. The minimum Gasteiger partial charge on any atom is -0.257 e. The van der Waals surface area contributed by atoms with Crippen LogP contribution in [0, 0.1) is 0 Å². The molecule has 4 rings (SSSR count). The molecular formula is C19H15ClN2S2. The molecule has 3 aromatic rings. The first-order valence-corrected chi connectivity index (χ1v) is 9.80. The van der Waals surface area contributed by atoms with Gasteiger partial charge < -0.3 is 0 Å². The van der Waals surface area contributed by atoms with E-state index in [4.69, 9.17) is 16.7 Å². The molecule has 120 valence electrons. The second-order valence-corrected chi connectivity index (χ2v) is 7.89. The summed E-state index contributed by atoms with van der Waals surface area (Å²) >= 11 is 9.54. The summed E-state index contributed by atoms with van der Waals surface area (Å²) in [6.45, 7) is 0. The Morgan fingerprint density at radius 1 is 1.00 bits per heavy atom. The van der Waals surface area contributed by atoms with Crippen LogP contribution in [0.1, 0.15) is 22.2 Å². The van der Waals surface area contributed by atoms with Gasteiger partial charge in [-0.2, -0.15) is 5.10 Å². The Balaban J connectivity index is 1.64. The molecule has 0 radical (unpaired) electrons. The quantitative estimate of drug-likeness (QED) is 0.512. The number of hydrogen-bond donors (Lipinski definition) is 0. The van der Waals surface area contributed by atoms with Crippen molar-refractivity contribution in [3.63, 3.8) is 0 Å². The number of nitrogens with zero attached hydrogens (tertiary/aromatic N) is 2. The number of thiophene rings is 2. The highest BCUT2D eigenvalue weighted by atomic mass is 35.5. The first kappa shape index (κ1) is 15.6. The van der Waals surface area contributed by atoms with Crippen LogP contribution in [0.15, 0.2) is 70.5 Å². The van der Waals surface area contributed by atoms with Gasteiger partial charge in [0.25, 0.3) is 0 Å². The molecule has 24 heavy (non-hydrogen) atoms. The Hall–Kier alpha value is -1.88. The van der Waals surface area contributed by atoms with E-state index in [2.05, 4.69) is 52.2 Å². The van der Waals surface area contributed by atoms with Gasteiger partial charge >= 0.3 is 0 Å². The summed E-state index contributed by atoms with van der Waals surface area (Å²) in [5, 5.41) is 11.9. The lowest BCUT2D eigenvalue weighted by Crippen LogP contribution is -2.17. The van der Waals surface area contributed by atoms with Gasteiger partial charge in [0.15, 0.2) is 0 Å². The number of rotatable bonds is 4. The van der Waals surface area contributed by atoms with Gasteiger partial charge in [0.2, 0.25) is 0 Å². The van der Waals surface area contributed by atoms with Gasteiger partial charge in [-0.15, -0.1) is 22.7 Å². The lowest BCUT2D eigenvalue weighted by Gasteiger charge is -2.22. The number of halogens is 1.